The number of aliphatic hydroxyl groups excluding tert-OH is 1. The van der Waals surface area contributed by atoms with Crippen molar-refractivity contribution in [3.8, 4) is 0 Å². The van der Waals surface area contributed by atoms with Crippen LogP contribution in [0.15, 0.2) is 22.7 Å². The Morgan fingerprint density at radius 3 is 2.79 bits per heavy atom. The van der Waals surface area contributed by atoms with Crippen molar-refractivity contribution in [2.75, 3.05) is 5.88 Å². The molecule has 0 aromatic heterocycles. The van der Waals surface area contributed by atoms with E-state index in [1.807, 2.05) is 18.2 Å². The Morgan fingerprint density at radius 2 is 2.21 bits per heavy atom. The molecule has 1 aromatic carbocycles. The molecule has 0 amide bonds. The van der Waals surface area contributed by atoms with E-state index in [0.29, 0.717) is 0 Å². The predicted octanol–water partition coefficient (Wildman–Crippen LogP) is 2.29. The smallest absolute Gasteiger partial charge is 0.151 e. The molecule has 0 aliphatic heterocycles. The zero-order valence-electron chi connectivity index (χ0n) is 7.46. The average Bonchev–Trinajstić information content (AvgIpc) is 2.18. The fourth-order valence-corrected chi connectivity index (χ4v) is 1.83. The topological polar surface area (TPSA) is 37.3 Å². The molecule has 0 fully saturated rings. The summed E-state index contributed by atoms with van der Waals surface area (Å²) in [7, 11) is 0. The molecular weight excluding hydrogens is 267 g/mol. The Bertz CT molecular complexity index is 339. The lowest BCUT2D eigenvalue weighted by molar-refractivity contribution is -0.116. The number of hydrogen-bond acceptors (Lipinski definition) is 2. The van der Waals surface area contributed by atoms with Gasteiger partial charge in [0.15, 0.2) is 5.78 Å². The first kappa shape index (κ1) is 11.7. The fourth-order valence-electron chi connectivity index (χ4n) is 1.21. The van der Waals surface area contributed by atoms with Crippen LogP contribution in [0.1, 0.15) is 11.1 Å². The number of benzene rings is 1. The number of halogens is 2. The van der Waals surface area contributed by atoms with Gasteiger partial charge in [-0.25, -0.2) is 0 Å². The van der Waals surface area contributed by atoms with Crippen LogP contribution in [0.25, 0.3) is 0 Å². The minimum absolute atomic E-state index is 0.0113. The third kappa shape index (κ3) is 2.80. The third-order valence-electron chi connectivity index (χ3n) is 1.91. The number of hydrogen-bond donors (Lipinski definition) is 1. The van der Waals surface area contributed by atoms with Gasteiger partial charge >= 0.3 is 0 Å². The molecule has 0 saturated carbocycles. The zero-order valence-corrected chi connectivity index (χ0v) is 9.81. The van der Waals surface area contributed by atoms with E-state index in [1.165, 1.54) is 0 Å². The standard InChI is InChI=1S/C10H10BrClO2/c11-10-3-1-2-7(9(10)6-13)4-8(14)5-12/h1-3,13H,4-6H2. The second kappa shape index (κ2) is 5.49. The highest BCUT2D eigenvalue weighted by Gasteiger charge is 2.08. The minimum Gasteiger partial charge on any atom is -0.392 e. The molecule has 0 aliphatic carbocycles. The van der Waals surface area contributed by atoms with Crippen LogP contribution in [0.2, 0.25) is 0 Å². The number of rotatable bonds is 4. The van der Waals surface area contributed by atoms with Gasteiger partial charge in [0.2, 0.25) is 0 Å². The fraction of sp³-hybridized carbons (Fsp3) is 0.300. The second-order valence-electron chi connectivity index (χ2n) is 2.88. The zero-order chi connectivity index (χ0) is 10.6. The summed E-state index contributed by atoms with van der Waals surface area (Å²) in [6, 6.07) is 5.49. The SMILES string of the molecule is O=C(CCl)Cc1cccc(Br)c1CO. The van der Waals surface area contributed by atoms with E-state index in [9.17, 15) is 4.79 Å². The van der Waals surface area contributed by atoms with E-state index in [1.54, 1.807) is 0 Å². The molecule has 0 bridgehead atoms. The number of aliphatic hydroxyl groups is 1. The molecule has 0 aliphatic rings. The maximum Gasteiger partial charge on any atom is 0.151 e. The van der Waals surface area contributed by atoms with Crippen molar-refractivity contribution in [1.29, 1.82) is 0 Å². The van der Waals surface area contributed by atoms with E-state index in [-0.39, 0.29) is 24.7 Å². The first-order chi connectivity index (χ1) is 6.69. The van der Waals surface area contributed by atoms with Crippen molar-refractivity contribution in [1.82, 2.24) is 0 Å². The maximum atomic E-state index is 11.1. The number of Topliss-reactive ketones (excluding diaryl/α,β-unsaturated/α-hetero) is 1. The average molecular weight is 278 g/mol. The van der Waals surface area contributed by atoms with Gasteiger partial charge in [0, 0.05) is 10.9 Å². The van der Waals surface area contributed by atoms with Crippen molar-refractivity contribution >= 4 is 33.3 Å². The summed E-state index contributed by atoms with van der Waals surface area (Å²) in [5.74, 6) is -0.0309. The number of alkyl halides is 1. The summed E-state index contributed by atoms with van der Waals surface area (Å²) in [5, 5.41) is 9.11. The molecule has 0 saturated heterocycles. The third-order valence-corrected chi connectivity index (χ3v) is 2.95. The predicted molar refractivity (Wildman–Crippen MR) is 59.5 cm³/mol. The van der Waals surface area contributed by atoms with Crippen LogP contribution in [0, 0.1) is 0 Å². The highest BCUT2D eigenvalue weighted by molar-refractivity contribution is 9.10. The van der Waals surface area contributed by atoms with E-state index in [2.05, 4.69) is 15.9 Å². The quantitative estimate of drug-likeness (QED) is 0.858. The Labute approximate surface area is 96.0 Å². The van der Waals surface area contributed by atoms with Gasteiger partial charge in [0.25, 0.3) is 0 Å². The Morgan fingerprint density at radius 1 is 1.50 bits per heavy atom. The van der Waals surface area contributed by atoms with Crippen LogP contribution < -0.4 is 0 Å². The summed E-state index contributed by atoms with van der Waals surface area (Å²) in [6.45, 7) is -0.0771. The highest BCUT2D eigenvalue weighted by Crippen LogP contribution is 2.21. The van der Waals surface area contributed by atoms with Gasteiger partial charge < -0.3 is 5.11 Å². The number of ketones is 1. The lowest BCUT2D eigenvalue weighted by atomic mass is 10.0. The highest BCUT2D eigenvalue weighted by atomic mass is 79.9. The van der Waals surface area contributed by atoms with Gasteiger partial charge in [-0.1, -0.05) is 28.1 Å². The Balaban J connectivity index is 2.96. The van der Waals surface area contributed by atoms with Gasteiger partial charge in [0.05, 0.1) is 12.5 Å². The largest absolute Gasteiger partial charge is 0.392 e. The van der Waals surface area contributed by atoms with E-state index in [0.717, 1.165) is 15.6 Å². The van der Waals surface area contributed by atoms with E-state index >= 15 is 0 Å². The van der Waals surface area contributed by atoms with Gasteiger partial charge in [-0.3, -0.25) is 4.79 Å². The monoisotopic (exact) mass is 276 g/mol. The van der Waals surface area contributed by atoms with E-state index < -0.39 is 0 Å². The first-order valence-corrected chi connectivity index (χ1v) is 5.46. The van der Waals surface area contributed by atoms with Crippen LogP contribution in [0.4, 0.5) is 0 Å². The van der Waals surface area contributed by atoms with Crippen molar-refractivity contribution in [3.05, 3.63) is 33.8 Å². The first-order valence-electron chi connectivity index (χ1n) is 4.13. The van der Waals surface area contributed by atoms with Crippen LogP contribution in [0.5, 0.6) is 0 Å². The molecule has 2 nitrogen and oxygen atoms in total. The van der Waals surface area contributed by atoms with Crippen LogP contribution >= 0.6 is 27.5 Å². The van der Waals surface area contributed by atoms with Crippen molar-refractivity contribution in [2.24, 2.45) is 0 Å². The summed E-state index contributed by atoms with van der Waals surface area (Å²) < 4.78 is 0.819. The molecule has 0 unspecified atom stereocenters. The van der Waals surface area contributed by atoms with Crippen molar-refractivity contribution < 1.29 is 9.90 Å². The number of carbonyl (C=O) groups is 1. The van der Waals surface area contributed by atoms with Gasteiger partial charge in [-0.15, -0.1) is 11.6 Å². The Kier molecular flexibility index (Phi) is 4.58. The van der Waals surface area contributed by atoms with Crippen LogP contribution in [0.3, 0.4) is 0 Å². The molecule has 0 heterocycles. The molecule has 0 atom stereocenters. The van der Waals surface area contributed by atoms with Gasteiger partial charge in [-0.05, 0) is 17.2 Å². The lowest BCUT2D eigenvalue weighted by Gasteiger charge is -2.07. The minimum atomic E-state index is -0.0771. The summed E-state index contributed by atoms with van der Waals surface area (Å²) in [4.78, 5) is 11.1. The summed E-state index contributed by atoms with van der Waals surface area (Å²) in [6.07, 6.45) is 0.277. The molecule has 4 heteroatoms. The maximum absolute atomic E-state index is 11.1. The molecule has 14 heavy (non-hydrogen) atoms. The van der Waals surface area contributed by atoms with Crippen molar-refractivity contribution in [3.63, 3.8) is 0 Å². The van der Waals surface area contributed by atoms with Gasteiger partial charge in [0.1, 0.15) is 0 Å². The number of carbonyl (C=O) groups excluding carboxylic acids is 1. The summed E-state index contributed by atoms with van der Waals surface area (Å²) >= 11 is 8.73. The molecule has 1 N–H and O–H groups in total. The van der Waals surface area contributed by atoms with Crippen LogP contribution in [-0.2, 0) is 17.8 Å². The molecule has 1 rings (SSSR count). The van der Waals surface area contributed by atoms with Gasteiger partial charge in [-0.2, -0.15) is 0 Å². The van der Waals surface area contributed by atoms with Crippen molar-refractivity contribution in [2.45, 2.75) is 13.0 Å². The summed E-state index contributed by atoms with van der Waals surface area (Å²) in [5.41, 5.74) is 1.58. The Hall–Kier alpha value is -0.380. The molecular formula is C10H10BrClO2. The normalized spacial score (nSPS) is 10.2. The molecule has 76 valence electrons. The molecule has 1 aromatic rings. The lowest BCUT2D eigenvalue weighted by Crippen LogP contribution is -2.06. The molecule has 0 spiro atoms. The van der Waals surface area contributed by atoms with Crippen LogP contribution in [-0.4, -0.2) is 16.8 Å². The van der Waals surface area contributed by atoms with E-state index in [4.69, 9.17) is 16.7 Å². The molecule has 0 radical (unpaired) electrons. The second-order valence-corrected chi connectivity index (χ2v) is 4.01.